The van der Waals surface area contributed by atoms with Crippen molar-refractivity contribution in [2.24, 2.45) is 0 Å². The molecule has 2 heterocycles. The van der Waals surface area contributed by atoms with E-state index in [1.54, 1.807) is 0 Å². The highest BCUT2D eigenvalue weighted by Gasteiger charge is 2.37. The van der Waals surface area contributed by atoms with E-state index in [1.165, 1.54) is 19.2 Å². The number of benzene rings is 1. The first kappa shape index (κ1) is 13.8. The average Bonchev–Trinajstić information content (AvgIpc) is 3.30. The van der Waals surface area contributed by atoms with Crippen molar-refractivity contribution in [3.8, 4) is 0 Å². The van der Waals surface area contributed by atoms with Crippen molar-refractivity contribution in [2.75, 3.05) is 0 Å². The van der Waals surface area contributed by atoms with E-state index in [9.17, 15) is 4.79 Å². The number of ketones is 1. The summed E-state index contributed by atoms with van der Waals surface area (Å²) >= 11 is 0. The third-order valence-corrected chi connectivity index (χ3v) is 5.41. The van der Waals surface area contributed by atoms with E-state index < -0.39 is 0 Å². The molecule has 1 unspecified atom stereocenters. The zero-order valence-corrected chi connectivity index (χ0v) is 13.4. The molecule has 120 valence electrons. The Balaban J connectivity index is 1.76. The largest absolute Gasteiger partial charge is 0.298 e. The lowest BCUT2D eigenvalue weighted by atomic mass is 9.95. The Kier molecular flexibility index (Phi) is 3.01. The summed E-state index contributed by atoms with van der Waals surface area (Å²) in [7, 11) is 0. The van der Waals surface area contributed by atoms with Gasteiger partial charge in [0.05, 0.1) is 23.0 Å². The number of carbonyl (C=O) groups excluding carboxylic acids is 1. The molecule has 1 atom stereocenters. The molecule has 24 heavy (non-hydrogen) atoms. The van der Waals surface area contributed by atoms with Gasteiger partial charge < -0.3 is 0 Å². The van der Waals surface area contributed by atoms with Crippen LogP contribution in [-0.2, 0) is 11.2 Å². The van der Waals surface area contributed by atoms with Crippen LogP contribution >= 0.6 is 0 Å². The lowest BCUT2D eigenvalue weighted by molar-refractivity contribution is -0.118. The van der Waals surface area contributed by atoms with E-state index in [4.69, 9.17) is 5.10 Å². The molecule has 1 fully saturated rings. The van der Waals surface area contributed by atoms with Gasteiger partial charge in [0, 0.05) is 12.6 Å². The second-order valence-electron chi connectivity index (χ2n) is 6.80. The Bertz CT molecular complexity index is 939. The fourth-order valence-corrected chi connectivity index (χ4v) is 4.32. The van der Waals surface area contributed by atoms with Crippen LogP contribution in [0.4, 0.5) is 0 Å². The highest BCUT2D eigenvalue weighted by molar-refractivity contribution is 5.98. The number of fused-ring (bicyclic) bond motifs is 2. The van der Waals surface area contributed by atoms with E-state index >= 15 is 0 Å². The first-order valence-corrected chi connectivity index (χ1v) is 8.61. The van der Waals surface area contributed by atoms with E-state index in [1.807, 2.05) is 18.3 Å². The Hall–Kier alpha value is -2.56. The van der Waals surface area contributed by atoms with Crippen molar-refractivity contribution >= 4 is 16.8 Å². The molecule has 0 amide bonds. The van der Waals surface area contributed by atoms with Crippen LogP contribution in [0.2, 0.25) is 0 Å². The molecule has 2 aromatic heterocycles. The minimum absolute atomic E-state index is 0.238. The van der Waals surface area contributed by atoms with E-state index in [0.29, 0.717) is 18.1 Å². The maximum absolute atomic E-state index is 12.9. The summed E-state index contributed by atoms with van der Waals surface area (Å²) in [6, 6.07) is 8.52. The van der Waals surface area contributed by atoms with Crippen molar-refractivity contribution in [1.82, 2.24) is 19.7 Å². The molecule has 0 N–H and O–H groups in total. The standard InChI is InChI=1S/C19H18N4O/c24-16-9-12-5-1-4-8-14(12)17(16)18-15-10-20-11-21-19(15)22-23(18)13-6-2-3-7-13/h1,4-5,8,10-11,13,17H,2-3,6-7,9H2. The van der Waals surface area contributed by atoms with Crippen LogP contribution in [0.15, 0.2) is 36.8 Å². The topological polar surface area (TPSA) is 60.7 Å². The number of nitrogens with zero attached hydrogens (tertiary/aromatic N) is 4. The van der Waals surface area contributed by atoms with Gasteiger partial charge in [-0.15, -0.1) is 0 Å². The van der Waals surface area contributed by atoms with Crippen LogP contribution in [0.3, 0.4) is 0 Å². The molecule has 3 aromatic rings. The maximum atomic E-state index is 12.9. The van der Waals surface area contributed by atoms with E-state index in [-0.39, 0.29) is 11.7 Å². The molecule has 0 spiro atoms. The second kappa shape index (κ2) is 5.23. The van der Waals surface area contributed by atoms with Gasteiger partial charge >= 0.3 is 0 Å². The normalized spacial score (nSPS) is 20.8. The summed E-state index contributed by atoms with van der Waals surface area (Å²) < 4.78 is 2.09. The summed E-state index contributed by atoms with van der Waals surface area (Å²) in [6.45, 7) is 0. The monoisotopic (exact) mass is 318 g/mol. The number of aromatic nitrogens is 4. The van der Waals surface area contributed by atoms with Gasteiger partial charge in [-0.3, -0.25) is 9.48 Å². The SMILES string of the molecule is O=C1Cc2ccccc2C1c1c2cncnc2nn1C1CCCC1. The summed E-state index contributed by atoms with van der Waals surface area (Å²) in [5.41, 5.74) is 3.95. The van der Waals surface area contributed by atoms with Crippen LogP contribution in [0.5, 0.6) is 0 Å². The van der Waals surface area contributed by atoms with Gasteiger partial charge in [-0.05, 0) is 24.0 Å². The average molecular weight is 318 g/mol. The number of hydrogen-bond donors (Lipinski definition) is 0. The van der Waals surface area contributed by atoms with Crippen LogP contribution in [0, 0.1) is 0 Å². The van der Waals surface area contributed by atoms with Gasteiger partial charge in [0.1, 0.15) is 6.33 Å². The number of rotatable bonds is 2. The molecule has 0 aliphatic heterocycles. The van der Waals surface area contributed by atoms with Gasteiger partial charge in [-0.1, -0.05) is 37.1 Å². The minimum Gasteiger partial charge on any atom is -0.298 e. The quantitative estimate of drug-likeness (QED) is 0.728. The zero-order valence-electron chi connectivity index (χ0n) is 13.4. The summed E-state index contributed by atoms with van der Waals surface area (Å²) in [6.07, 6.45) is 8.54. The van der Waals surface area contributed by atoms with Crippen molar-refractivity contribution < 1.29 is 4.79 Å². The lowest BCUT2D eigenvalue weighted by Gasteiger charge is -2.18. The Labute approximate surface area is 139 Å². The zero-order chi connectivity index (χ0) is 16.1. The van der Waals surface area contributed by atoms with Crippen LogP contribution in [-0.4, -0.2) is 25.5 Å². The summed E-state index contributed by atoms with van der Waals surface area (Å²) in [5, 5.41) is 5.68. The van der Waals surface area contributed by atoms with Crippen molar-refractivity contribution in [2.45, 2.75) is 44.1 Å². The van der Waals surface area contributed by atoms with Gasteiger partial charge in [-0.2, -0.15) is 5.10 Å². The van der Waals surface area contributed by atoms with Crippen molar-refractivity contribution in [1.29, 1.82) is 0 Å². The van der Waals surface area contributed by atoms with Crippen molar-refractivity contribution in [3.63, 3.8) is 0 Å². The summed E-state index contributed by atoms with van der Waals surface area (Å²) in [5.74, 6) is 0.0129. The predicted molar refractivity (Wildman–Crippen MR) is 89.8 cm³/mol. The molecule has 1 aromatic carbocycles. The molecule has 0 bridgehead atoms. The number of hydrogen-bond acceptors (Lipinski definition) is 4. The van der Waals surface area contributed by atoms with E-state index in [2.05, 4.69) is 26.8 Å². The molecular weight excluding hydrogens is 300 g/mol. The van der Waals surface area contributed by atoms with Gasteiger partial charge in [-0.25, -0.2) is 9.97 Å². The fourth-order valence-electron chi connectivity index (χ4n) is 4.32. The molecular formula is C19H18N4O. The summed E-state index contributed by atoms with van der Waals surface area (Å²) in [4.78, 5) is 21.4. The molecule has 5 nitrogen and oxygen atoms in total. The second-order valence-corrected chi connectivity index (χ2v) is 6.80. The predicted octanol–water partition coefficient (Wildman–Crippen LogP) is 3.20. The molecule has 5 rings (SSSR count). The van der Waals surface area contributed by atoms with Gasteiger partial charge in [0.15, 0.2) is 11.4 Å². The highest BCUT2D eigenvalue weighted by Crippen LogP contribution is 2.41. The molecule has 0 radical (unpaired) electrons. The third-order valence-electron chi connectivity index (χ3n) is 5.41. The first-order chi connectivity index (χ1) is 11.8. The molecule has 1 saturated carbocycles. The smallest absolute Gasteiger partial charge is 0.184 e. The first-order valence-electron chi connectivity index (χ1n) is 8.61. The van der Waals surface area contributed by atoms with Gasteiger partial charge in [0.25, 0.3) is 0 Å². The highest BCUT2D eigenvalue weighted by atomic mass is 16.1. The Morgan fingerprint density at radius 2 is 1.96 bits per heavy atom. The molecule has 5 heteroatoms. The molecule has 2 aliphatic carbocycles. The van der Waals surface area contributed by atoms with Gasteiger partial charge in [0.2, 0.25) is 0 Å². The third kappa shape index (κ3) is 1.94. The minimum atomic E-state index is -0.238. The number of Topliss-reactive ketones (excluding diaryl/α,β-unsaturated/α-hetero) is 1. The maximum Gasteiger partial charge on any atom is 0.184 e. The Morgan fingerprint density at radius 1 is 1.12 bits per heavy atom. The van der Waals surface area contributed by atoms with Crippen LogP contribution < -0.4 is 0 Å². The van der Waals surface area contributed by atoms with Crippen LogP contribution in [0.25, 0.3) is 11.0 Å². The Morgan fingerprint density at radius 3 is 2.83 bits per heavy atom. The molecule has 0 saturated heterocycles. The number of carbonyl (C=O) groups is 1. The lowest BCUT2D eigenvalue weighted by Crippen LogP contribution is -2.17. The van der Waals surface area contributed by atoms with Crippen molar-refractivity contribution in [3.05, 3.63) is 53.6 Å². The van der Waals surface area contributed by atoms with Crippen LogP contribution in [0.1, 0.15) is 54.5 Å². The molecule has 2 aliphatic rings. The fraction of sp³-hybridized carbons (Fsp3) is 0.368. The van der Waals surface area contributed by atoms with E-state index in [0.717, 1.165) is 35.0 Å².